The first-order valence-corrected chi connectivity index (χ1v) is 3.80. The second-order valence-corrected chi connectivity index (χ2v) is 2.15. The molecule has 0 fully saturated rings. The van der Waals surface area contributed by atoms with E-state index >= 15 is 0 Å². The minimum absolute atomic E-state index is 1.08. The molecule has 12 heavy (non-hydrogen) atoms. The molecule has 1 aliphatic carbocycles. The predicted molar refractivity (Wildman–Crippen MR) is 48.5 cm³/mol. The van der Waals surface area contributed by atoms with Gasteiger partial charge in [-0.1, -0.05) is 36.5 Å². The smallest absolute Gasteiger partial charge is 0.180 e. The van der Waals surface area contributed by atoms with E-state index in [1.165, 1.54) is 12.7 Å². The molecule has 2 nitrogen and oxygen atoms in total. The number of nitrogens with zero attached hydrogens (tertiary/aromatic N) is 1. The number of hydrogen-bond acceptors (Lipinski definition) is 2. The van der Waals surface area contributed by atoms with E-state index in [-0.39, 0.29) is 0 Å². The lowest BCUT2D eigenvalue weighted by Gasteiger charge is -1.69. The van der Waals surface area contributed by atoms with Gasteiger partial charge in [-0.25, -0.2) is 4.98 Å². The first-order valence-electron chi connectivity index (χ1n) is 3.80. The zero-order valence-electron chi connectivity index (χ0n) is 6.76. The summed E-state index contributed by atoms with van der Waals surface area (Å²) in [6, 6.07) is 0. The third-order valence-corrected chi connectivity index (χ3v) is 1.22. The Morgan fingerprint density at radius 3 is 2.17 bits per heavy atom. The molecule has 0 spiro atoms. The molecule has 0 aliphatic heterocycles. The Bertz CT molecular complexity index is 226. The lowest BCUT2D eigenvalue weighted by atomic mass is 10.4. The van der Waals surface area contributed by atoms with Crippen LogP contribution in [0, 0.1) is 0 Å². The molecule has 0 saturated carbocycles. The van der Waals surface area contributed by atoms with E-state index in [2.05, 4.69) is 33.7 Å². The summed E-state index contributed by atoms with van der Waals surface area (Å²) < 4.78 is 4.47. The molecule has 0 N–H and O–H groups in total. The summed E-state index contributed by atoms with van der Waals surface area (Å²) in [6.45, 7) is 0. The molecule has 1 aliphatic rings. The number of rotatable bonds is 0. The van der Waals surface area contributed by atoms with Crippen molar-refractivity contribution >= 4 is 0 Å². The highest BCUT2D eigenvalue weighted by Crippen LogP contribution is 1.91. The first kappa shape index (κ1) is 8.53. The minimum atomic E-state index is 1.08. The van der Waals surface area contributed by atoms with Gasteiger partial charge in [0.1, 0.15) is 6.26 Å². The standard InChI is InChI=1S/C7H8.C3H3NO/c1-2-4-6-7-5-3-1;1-2-5-3-4-1/h1-6H,7H2;1-3H. The van der Waals surface area contributed by atoms with Gasteiger partial charge in [-0.2, -0.15) is 0 Å². The number of oxazole rings is 1. The zero-order valence-corrected chi connectivity index (χ0v) is 6.76. The largest absolute Gasteiger partial charge is 0.452 e. The summed E-state index contributed by atoms with van der Waals surface area (Å²) in [7, 11) is 0. The third-order valence-electron chi connectivity index (χ3n) is 1.22. The number of hydrogen-bond donors (Lipinski definition) is 0. The van der Waals surface area contributed by atoms with Gasteiger partial charge < -0.3 is 4.42 Å². The molecule has 0 atom stereocenters. The van der Waals surface area contributed by atoms with Crippen LogP contribution in [0.3, 0.4) is 0 Å². The Kier molecular flexibility index (Phi) is 4.38. The number of aromatic nitrogens is 1. The molecule has 0 amide bonds. The average molecular weight is 161 g/mol. The lowest BCUT2D eigenvalue weighted by molar-refractivity contribution is 0.558. The molecule has 0 aromatic carbocycles. The van der Waals surface area contributed by atoms with E-state index in [0.29, 0.717) is 0 Å². The van der Waals surface area contributed by atoms with Gasteiger partial charge in [-0.15, -0.1) is 0 Å². The highest BCUT2D eigenvalue weighted by Gasteiger charge is 1.70. The van der Waals surface area contributed by atoms with E-state index < -0.39 is 0 Å². The van der Waals surface area contributed by atoms with Crippen molar-refractivity contribution in [3.8, 4) is 0 Å². The molecular weight excluding hydrogens is 150 g/mol. The summed E-state index contributed by atoms with van der Waals surface area (Å²) in [6.07, 6.45) is 18.0. The van der Waals surface area contributed by atoms with Crippen LogP contribution >= 0.6 is 0 Å². The Morgan fingerprint density at radius 1 is 1.00 bits per heavy atom. The highest BCUT2D eigenvalue weighted by atomic mass is 16.3. The van der Waals surface area contributed by atoms with Crippen LogP contribution in [-0.4, -0.2) is 4.98 Å². The predicted octanol–water partition coefficient (Wildman–Crippen LogP) is 2.73. The van der Waals surface area contributed by atoms with E-state index in [4.69, 9.17) is 0 Å². The first-order chi connectivity index (χ1) is 6.00. The Balaban J connectivity index is 0.000000127. The molecular formula is C10H11NO. The van der Waals surface area contributed by atoms with Crippen LogP contribution in [0.25, 0.3) is 0 Å². The van der Waals surface area contributed by atoms with Gasteiger partial charge in [-0.3, -0.25) is 0 Å². The summed E-state index contributed by atoms with van der Waals surface area (Å²) >= 11 is 0. The molecule has 2 rings (SSSR count). The van der Waals surface area contributed by atoms with Crippen molar-refractivity contribution in [2.45, 2.75) is 6.42 Å². The zero-order chi connectivity index (χ0) is 8.49. The van der Waals surface area contributed by atoms with Gasteiger partial charge in [0, 0.05) is 0 Å². The monoisotopic (exact) mass is 161 g/mol. The third kappa shape index (κ3) is 4.28. The van der Waals surface area contributed by atoms with Crippen molar-refractivity contribution in [2.75, 3.05) is 0 Å². The maximum Gasteiger partial charge on any atom is 0.180 e. The van der Waals surface area contributed by atoms with Crippen molar-refractivity contribution < 1.29 is 4.42 Å². The second-order valence-electron chi connectivity index (χ2n) is 2.15. The maximum absolute atomic E-state index is 4.47. The van der Waals surface area contributed by atoms with Crippen LogP contribution in [0.15, 0.2) is 59.7 Å². The van der Waals surface area contributed by atoms with Crippen molar-refractivity contribution in [1.29, 1.82) is 0 Å². The van der Waals surface area contributed by atoms with Gasteiger partial charge in [-0.05, 0) is 6.42 Å². The normalized spacial score (nSPS) is 13.3. The molecule has 0 unspecified atom stereocenters. The second kappa shape index (κ2) is 6.16. The van der Waals surface area contributed by atoms with E-state index in [1.54, 1.807) is 6.20 Å². The van der Waals surface area contributed by atoms with Gasteiger partial charge in [0.15, 0.2) is 6.39 Å². The highest BCUT2D eigenvalue weighted by molar-refractivity contribution is 5.16. The fourth-order valence-electron chi connectivity index (χ4n) is 0.697. The van der Waals surface area contributed by atoms with Crippen molar-refractivity contribution in [3.05, 3.63) is 55.3 Å². The van der Waals surface area contributed by atoms with Crippen LogP contribution < -0.4 is 0 Å². The fraction of sp³-hybridized carbons (Fsp3) is 0.100. The SMILES string of the molecule is C1=CC=CCC=C1.c1cocn1. The van der Waals surface area contributed by atoms with Crippen LogP contribution in [-0.2, 0) is 0 Å². The average Bonchev–Trinajstić information content (AvgIpc) is 2.54. The minimum Gasteiger partial charge on any atom is -0.452 e. The topological polar surface area (TPSA) is 26.0 Å². The molecule has 1 aromatic rings. The summed E-state index contributed by atoms with van der Waals surface area (Å²) in [5, 5.41) is 0. The van der Waals surface area contributed by atoms with E-state index in [0.717, 1.165) is 6.42 Å². The Hall–Kier alpha value is -1.57. The van der Waals surface area contributed by atoms with Crippen molar-refractivity contribution in [1.82, 2.24) is 4.98 Å². The Morgan fingerprint density at radius 2 is 1.75 bits per heavy atom. The molecule has 0 radical (unpaired) electrons. The van der Waals surface area contributed by atoms with Gasteiger partial charge in [0.25, 0.3) is 0 Å². The number of allylic oxidation sites excluding steroid dienone is 6. The van der Waals surface area contributed by atoms with Gasteiger partial charge in [0.2, 0.25) is 0 Å². The van der Waals surface area contributed by atoms with Crippen molar-refractivity contribution in [2.24, 2.45) is 0 Å². The summed E-state index contributed by atoms with van der Waals surface area (Å²) in [5.74, 6) is 0. The van der Waals surface area contributed by atoms with Crippen LogP contribution in [0.1, 0.15) is 6.42 Å². The molecule has 1 aromatic heterocycles. The molecule has 62 valence electrons. The summed E-state index contributed by atoms with van der Waals surface area (Å²) in [5.41, 5.74) is 0. The quantitative estimate of drug-likeness (QED) is 0.584. The molecule has 2 heteroatoms. The molecule has 0 bridgehead atoms. The van der Waals surface area contributed by atoms with Gasteiger partial charge >= 0.3 is 0 Å². The molecule has 0 saturated heterocycles. The summed E-state index contributed by atoms with van der Waals surface area (Å²) in [4.78, 5) is 3.56. The van der Waals surface area contributed by atoms with E-state index in [9.17, 15) is 0 Å². The maximum atomic E-state index is 4.47. The Labute approximate surface area is 71.9 Å². The van der Waals surface area contributed by atoms with Crippen molar-refractivity contribution in [3.63, 3.8) is 0 Å². The van der Waals surface area contributed by atoms with Crippen LogP contribution in [0.5, 0.6) is 0 Å². The molecule has 1 heterocycles. The fourth-order valence-corrected chi connectivity index (χ4v) is 0.697. The lowest BCUT2D eigenvalue weighted by Crippen LogP contribution is -1.48. The van der Waals surface area contributed by atoms with Gasteiger partial charge in [0.05, 0.1) is 6.20 Å². The van der Waals surface area contributed by atoms with Crippen LogP contribution in [0.2, 0.25) is 0 Å². The van der Waals surface area contributed by atoms with E-state index in [1.807, 2.05) is 12.2 Å². The van der Waals surface area contributed by atoms with Crippen LogP contribution in [0.4, 0.5) is 0 Å².